The van der Waals surface area contributed by atoms with Gasteiger partial charge in [-0.3, -0.25) is 4.68 Å². The van der Waals surface area contributed by atoms with E-state index in [1.54, 1.807) is 10.9 Å². The highest BCUT2D eigenvalue weighted by Gasteiger charge is 2.10. The van der Waals surface area contributed by atoms with E-state index < -0.39 is 6.10 Å². The van der Waals surface area contributed by atoms with Gasteiger partial charge in [0.25, 0.3) is 0 Å². The van der Waals surface area contributed by atoms with Crippen molar-refractivity contribution in [3.05, 3.63) is 53.3 Å². The van der Waals surface area contributed by atoms with Gasteiger partial charge in [0, 0.05) is 13.2 Å². The Hall–Kier alpha value is -1.61. The Morgan fingerprint density at radius 2 is 1.94 bits per heavy atom. The van der Waals surface area contributed by atoms with Crippen molar-refractivity contribution in [3.8, 4) is 0 Å². The highest BCUT2D eigenvalue weighted by Crippen LogP contribution is 2.18. The third kappa shape index (κ3) is 2.94. The zero-order valence-electron chi connectivity index (χ0n) is 10.3. The lowest BCUT2D eigenvalue weighted by Crippen LogP contribution is -2.06. The van der Waals surface area contributed by atoms with E-state index in [9.17, 15) is 5.11 Å². The molecule has 0 saturated carbocycles. The third-order valence-corrected chi connectivity index (χ3v) is 3.03. The smallest absolute Gasteiger partial charge is 0.0959 e. The van der Waals surface area contributed by atoms with Gasteiger partial charge in [0.15, 0.2) is 0 Å². The second-order valence-corrected chi connectivity index (χ2v) is 4.42. The van der Waals surface area contributed by atoms with Gasteiger partial charge in [-0.25, -0.2) is 0 Å². The zero-order chi connectivity index (χ0) is 12.3. The number of aryl methyl sites for hydroxylation is 3. The molecule has 1 aromatic heterocycles. The summed E-state index contributed by atoms with van der Waals surface area (Å²) in [4.78, 5) is 0. The second kappa shape index (κ2) is 5.15. The Kier molecular flexibility index (Phi) is 3.59. The molecule has 1 unspecified atom stereocenters. The molecular weight excluding hydrogens is 212 g/mol. The van der Waals surface area contributed by atoms with Crippen LogP contribution in [-0.2, 0) is 13.5 Å². The van der Waals surface area contributed by atoms with Gasteiger partial charge in [0.1, 0.15) is 0 Å². The monoisotopic (exact) mass is 230 g/mol. The number of rotatable bonds is 4. The minimum atomic E-state index is -0.441. The maximum atomic E-state index is 10.0. The zero-order valence-corrected chi connectivity index (χ0v) is 10.3. The van der Waals surface area contributed by atoms with Crippen LogP contribution >= 0.6 is 0 Å². The first-order valence-electron chi connectivity index (χ1n) is 5.88. The maximum Gasteiger partial charge on any atom is 0.0959 e. The number of benzene rings is 1. The summed E-state index contributed by atoms with van der Waals surface area (Å²) in [6, 6.07) is 10.3. The minimum absolute atomic E-state index is 0.441. The van der Waals surface area contributed by atoms with E-state index in [1.807, 2.05) is 13.1 Å². The fourth-order valence-electron chi connectivity index (χ4n) is 1.92. The van der Waals surface area contributed by atoms with E-state index in [1.165, 1.54) is 11.1 Å². The topological polar surface area (TPSA) is 38.1 Å². The lowest BCUT2D eigenvalue weighted by atomic mass is 10.0. The van der Waals surface area contributed by atoms with E-state index in [-0.39, 0.29) is 0 Å². The van der Waals surface area contributed by atoms with Crippen LogP contribution in [0.15, 0.2) is 36.5 Å². The molecule has 0 spiro atoms. The fourth-order valence-corrected chi connectivity index (χ4v) is 1.92. The highest BCUT2D eigenvalue weighted by molar-refractivity contribution is 5.21. The van der Waals surface area contributed by atoms with Crippen LogP contribution in [0.3, 0.4) is 0 Å². The summed E-state index contributed by atoms with van der Waals surface area (Å²) in [6.45, 7) is 2.08. The summed E-state index contributed by atoms with van der Waals surface area (Å²) in [5, 5.41) is 14.1. The van der Waals surface area contributed by atoms with Crippen molar-refractivity contribution in [2.45, 2.75) is 25.9 Å². The molecule has 17 heavy (non-hydrogen) atoms. The van der Waals surface area contributed by atoms with Crippen molar-refractivity contribution < 1.29 is 5.11 Å². The Morgan fingerprint density at radius 1 is 1.24 bits per heavy atom. The van der Waals surface area contributed by atoms with E-state index in [0.717, 1.165) is 18.5 Å². The van der Waals surface area contributed by atoms with Crippen LogP contribution < -0.4 is 0 Å². The summed E-state index contributed by atoms with van der Waals surface area (Å²) >= 11 is 0. The van der Waals surface area contributed by atoms with Gasteiger partial charge >= 0.3 is 0 Å². The molecule has 0 aliphatic rings. The molecule has 90 valence electrons. The van der Waals surface area contributed by atoms with Gasteiger partial charge in [-0.2, -0.15) is 5.10 Å². The SMILES string of the molecule is Cc1ccc(CCC(O)c2ccnn2C)cc1. The van der Waals surface area contributed by atoms with Crippen molar-refractivity contribution in [1.82, 2.24) is 9.78 Å². The van der Waals surface area contributed by atoms with Gasteiger partial charge < -0.3 is 5.11 Å². The van der Waals surface area contributed by atoms with Gasteiger partial charge in [0.2, 0.25) is 0 Å². The molecule has 0 radical (unpaired) electrons. The van der Waals surface area contributed by atoms with Crippen LogP contribution in [0, 0.1) is 6.92 Å². The first-order valence-corrected chi connectivity index (χ1v) is 5.88. The van der Waals surface area contributed by atoms with Crippen LogP contribution in [0.25, 0.3) is 0 Å². The summed E-state index contributed by atoms with van der Waals surface area (Å²) in [5.41, 5.74) is 3.40. The standard InChI is InChI=1S/C14H18N2O/c1-11-3-5-12(6-4-11)7-8-14(17)13-9-10-15-16(13)2/h3-6,9-10,14,17H,7-8H2,1-2H3. The average Bonchev–Trinajstić information content (AvgIpc) is 2.74. The molecule has 1 atom stereocenters. The molecule has 3 nitrogen and oxygen atoms in total. The number of nitrogens with zero attached hydrogens (tertiary/aromatic N) is 2. The van der Waals surface area contributed by atoms with Crippen molar-refractivity contribution in [2.24, 2.45) is 7.05 Å². The predicted molar refractivity (Wildman–Crippen MR) is 67.7 cm³/mol. The van der Waals surface area contributed by atoms with Crippen LogP contribution in [0.4, 0.5) is 0 Å². The quantitative estimate of drug-likeness (QED) is 0.875. The van der Waals surface area contributed by atoms with Crippen LogP contribution in [0.1, 0.15) is 29.3 Å². The Balaban J connectivity index is 1.94. The van der Waals surface area contributed by atoms with Crippen LogP contribution in [0.5, 0.6) is 0 Å². The molecule has 2 rings (SSSR count). The maximum absolute atomic E-state index is 10.0. The largest absolute Gasteiger partial charge is 0.387 e. The average molecular weight is 230 g/mol. The van der Waals surface area contributed by atoms with Gasteiger partial charge in [-0.1, -0.05) is 29.8 Å². The van der Waals surface area contributed by atoms with E-state index in [0.29, 0.717) is 0 Å². The summed E-state index contributed by atoms with van der Waals surface area (Å²) in [6.07, 6.45) is 2.88. The van der Waals surface area contributed by atoms with Crippen molar-refractivity contribution >= 4 is 0 Å². The molecule has 0 amide bonds. The van der Waals surface area contributed by atoms with E-state index in [4.69, 9.17) is 0 Å². The molecule has 0 bridgehead atoms. The first kappa shape index (κ1) is 11.9. The molecule has 1 N–H and O–H groups in total. The molecule has 0 fully saturated rings. The number of aliphatic hydroxyl groups excluding tert-OH is 1. The lowest BCUT2D eigenvalue weighted by molar-refractivity contribution is 0.158. The van der Waals surface area contributed by atoms with Crippen LogP contribution in [0.2, 0.25) is 0 Å². The van der Waals surface area contributed by atoms with Crippen molar-refractivity contribution in [1.29, 1.82) is 0 Å². The molecule has 3 heteroatoms. The normalized spacial score (nSPS) is 12.6. The van der Waals surface area contributed by atoms with E-state index in [2.05, 4.69) is 36.3 Å². The number of aliphatic hydroxyl groups is 1. The highest BCUT2D eigenvalue weighted by atomic mass is 16.3. The molecule has 0 aliphatic heterocycles. The summed E-state index contributed by atoms with van der Waals surface area (Å²) in [7, 11) is 1.85. The number of aromatic nitrogens is 2. The first-order chi connectivity index (χ1) is 8.16. The summed E-state index contributed by atoms with van der Waals surface area (Å²) in [5.74, 6) is 0. The Morgan fingerprint density at radius 3 is 2.53 bits per heavy atom. The molecule has 1 heterocycles. The Bertz CT molecular complexity index is 473. The van der Waals surface area contributed by atoms with Crippen LogP contribution in [-0.4, -0.2) is 14.9 Å². The van der Waals surface area contributed by atoms with Gasteiger partial charge in [-0.15, -0.1) is 0 Å². The number of hydrogen-bond donors (Lipinski definition) is 1. The van der Waals surface area contributed by atoms with Gasteiger partial charge in [-0.05, 0) is 31.4 Å². The second-order valence-electron chi connectivity index (χ2n) is 4.42. The van der Waals surface area contributed by atoms with E-state index >= 15 is 0 Å². The molecule has 0 saturated heterocycles. The molecule has 1 aromatic carbocycles. The fraction of sp³-hybridized carbons (Fsp3) is 0.357. The minimum Gasteiger partial charge on any atom is -0.387 e. The molecule has 0 aliphatic carbocycles. The third-order valence-electron chi connectivity index (χ3n) is 3.03. The lowest BCUT2D eigenvalue weighted by Gasteiger charge is -2.10. The van der Waals surface area contributed by atoms with Crippen molar-refractivity contribution in [2.75, 3.05) is 0 Å². The Labute approximate surface area is 102 Å². The molecular formula is C14H18N2O. The predicted octanol–water partition coefficient (Wildman–Crippen LogP) is 2.39. The molecule has 2 aromatic rings. The number of hydrogen-bond acceptors (Lipinski definition) is 2. The van der Waals surface area contributed by atoms with Crippen molar-refractivity contribution in [3.63, 3.8) is 0 Å². The summed E-state index contributed by atoms with van der Waals surface area (Å²) < 4.78 is 1.72. The van der Waals surface area contributed by atoms with Gasteiger partial charge in [0.05, 0.1) is 11.8 Å².